The summed E-state index contributed by atoms with van der Waals surface area (Å²) in [5.74, 6) is 5.37. The Morgan fingerprint density at radius 2 is 2.15 bits per heavy atom. The molecule has 1 aromatic rings. The van der Waals surface area contributed by atoms with E-state index in [2.05, 4.69) is 20.4 Å². The number of nitrogens with zero attached hydrogens (tertiary/aromatic N) is 1. The quantitative estimate of drug-likeness (QED) is 0.390. The third kappa shape index (κ3) is 4.15. The molecular formula is C11H17N5O3S. The molecule has 0 aromatic carbocycles. The topological polar surface area (TPSA) is 126 Å². The lowest BCUT2D eigenvalue weighted by molar-refractivity contribution is -0.121. The molecule has 1 saturated carbocycles. The highest BCUT2D eigenvalue weighted by Crippen LogP contribution is 2.18. The van der Waals surface area contributed by atoms with Crippen LogP contribution in [0, 0.1) is 0 Å². The summed E-state index contributed by atoms with van der Waals surface area (Å²) >= 11 is 0. The number of sulfonamides is 1. The standard InChI is InChI=1S/C11H17N5O3S/c12-16-10-4-3-9(7-13-10)20(18,19)14-6-5-11(17)15-8-1-2-8/h3-4,7-8,14H,1-2,5-6,12H2,(H,13,16)(H,15,17). The Balaban J connectivity index is 1.84. The Bertz CT molecular complexity index is 568. The van der Waals surface area contributed by atoms with E-state index in [0.717, 1.165) is 12.8 Å². The third-order valence-corrected chi connectivity index (χ3v) is 4.23. The molecule has 0 atom stereocenters. The number of nitrogen functional groups attached to an aromatic ring is 1. The van der Waals surface area contributed by atoms with Gasteiger partial charge in [-0.2, -0.15) is 0 Å². The lowest BCUT2D eigenvalue weighted by Gasteiger charge is -2.07. The van der Waals surface area contributed by atoms with Crippen LogP contribution in [0.4, 0.5) is 5.82 Å². The van der Waals surface area contributed by atoms with Crippen molar-refractivity contribution in [1.29, 1.82) is 0 Å². The molecule has 0 saturated heterocycles. The van der Waals surface area contributed by atoms with Gasteiger partial charge in [-0.3, -0.25) is 4.79 Å². The van der Waals surface area contributed by atoms with Gasteiger partial charge in [-0.25, -0.2) is 24.0 Å². The number of amides is 1. The van der Waals surface area contributed by atoms with Gasteiger partial charge in [0.05, 0.1) is 0 Å². The molecule has 20 heavy (non-hydrogen) atoms. The van der Waals surface area contributed by atoms with Gasteiger partial charge in [0.2, 0.25) is 15.9 Å². The van der Waals surface area contributed by atoms with E-state index in [-0.39, 0.29) is 29.8 Å². The number of hydrogen-bond donors (Lipinski definition) is 4. The Kier molecular flexibility index (Phi) is 4.53. The molecule has 1 heterocycles. The molecule has 0 spiro atoms. The molecule has 5 N–H and O–H groups in total. The van der Waals surface area contributed by atoms with Gasteiger partial charge in [-0.05, 0) is 25.0 Å². The number of carbonyl (C=O) groups excluding carboxylic acids is 1. The average Bonchev–Trinajstić information content (AvgIpc) is 3.22. The van der Waals surface area contributed by atoms with Crippen LogP contribution < -0.4 is 21.3 Å². The van der Waals surface area contributed by atoms with Crippen molar-refractivity contribution in [1.82, 2.24) is 15.0 Å². The number of anilines is 1. The smallest absolute Gasteiger partial charge is 0.242 e. The van der Waals surface area contributed by atoms with Crippen molar-refractivity contribution in [2.24, 2.45) is 5.84 Å². The molecule has 0 radical (unpaired) electrons. The van der Waals surface area contributed by atoms with Crippen LogP contribution >= 0.6 is 0 Å². The summed E-state index contributed by atoms with van der Waals surface area (Å²) in [6, 6.07) is 3.11. The fourth-order valence-electron chi connectivity index (χ4n) is 1.53. The van der Waals surface area contributed by atoms with Crippen LogP contribution in [0.1, 0.15) is 19.3 Å². The Morgan fingerprint density at radius 3 is 2.70 bits per heavy atom. The van der Waals surface area contributed by atoms with Gasteiger partial charge in [0, 0.05) is 25.2 Å². The number of rotatable bonds is 7. The van der Waals surface area contributed by atoms with Crippen LogP contribution in [0.15, 0.2) is 23.2 Å². The number of carbonyl (C=O) groups is 1. The van der Waals surface area contributed by atoms with Crippen LogP contribution in [0.5, 0.6) is 0 Å². The van der Waals surface area contributed by atoms with Crippen molar-refractivity contribution in [3.05, 3.63) is 18.3 Å². The van der Waals surface area contributed by atoms with E-state index in [4.69, 9.17) is 5.84 Å². The second-order valence-electron chi connectivity index (χ2n) is 4.51. The van der Waals surface area contributed by atoms with E-state index < -0.39 is 10.0 Å². The predicted octanol–water partition coefficient (Wildman–Crippen LogP) is -0.686. The molecule has 0 unspecified atom stereocenters. The first kappa shape index (κ1) is 14.7. The number of nitrogens with two attached hydrogens (primary N) is 1. The van der Waals surface area contributed by atoms with Crippen molar-refractivity contribution in [2.45, 2.75) is 30.2 Å². The highest BCUT2D eigenvalue weighted by Gasteiger charge is 2.23. The number of pyridine rings is 1. The lowest BCUT2D eigenvalue weighted by atomic mass is 10.4. The highest BCUT2D eigenvalue weighted by molar-refractivity contribution is 7.89. The molecule has 1 amide bonds. The van der Waals surface area contributed by atoms with Crippen molar-refractivity contribution in [2.75, 3.05) is 12.0 Å². The van der Waals surface area contributed by atoms with Crippen molar-refractivity contribution >= 4 is 21.7 Å². The maximum absolute atomic E-state index is 11.9. The van der Waals surface area contributed by atoms with Gasteiger partial charge in [0.1, 0.15) is 10.7 Å². The number of nitrogens with one attached hydrogen (secondary N) is 3. The summed E-state index contributed by atoms with van der Waals surface area (Å²) in [4.78, 5) is 15.3. The van der Waals surface area contributed by atoms with Gasteiger partial charge in [0.15, 0.2) is 0 Å². The Hall–Kier alpha value is -1.71. The predicted molar refractivity (Wildman–Crippen MR) is 73.0 cm³/mol. The SMILES string of the molecule is NNc1ccc(S(=O)(=O)NCCC(=O)NC2CC2)cn1. The van der Waals surface area contributed by atoms with Gasteiger partial charge in [-0.15, -0.1) is 0 Å². The van der Waals surface area contributed by atoms with Gasteiger partial charge >= 0.3 is 0 Å². The molecule has 1 aromatic heterocycles. The van der Waals surface area contributed by atoms with E-state index in [9.17, 15) is 13.2 Å². The first-order chi connectivity index (χ1) is 9.51. The molecule has 0 bridgehead atoms. The molecule has 1 aliphatic rings. The summed E-state index contributed by atoms with van der Waals surface area (Å²) in [6.45, 7) is 0.0534. The van der Waals surface area contributed by atoms with Gasteiger partial charge in [-0.1, -0.05) is 0 Å². The van der Waals surface area contributed by atoms with E-state index in [0.29, 0.717) is 5.82 Å². The van der Waals surface area contributed by atoms with E-state index in [1.54, 1.807) is 0 Å². The minimum absolute atomic E-state index is 0.0269. The normalized spacial score (nSPS) is 14.8. The summed E-state index contributed by atoms with van der Waals surface area (Å²) in [6.07, 6.45) is 3.32. The maximum atomic E-state index is 11.9. The second-order valence-corrected chi connectivity index (χ2v) is 6.28. The zero-order valence-electron chi connectivity index (χ0n) is 10.8. The minimum Gasteiger partial charge on any atom is -0.353 e. The Morgan fingerprint density at radius 1 is 1.40 bits per heavy atom. The first-order valence-electron chi connectivity index (χ1n) is 6.23. The van der Waals surface area contributed by atoms with Gasteiger partial charge < -0.3 is 10.7 Å². The molecular weight excluding hydrogens is 282 g/mol. The zero-order chi connectivity index (χ0) is 14.6. The summed E-state index contributed by atoms with van der Waals surface area (Å²) in [5.41, 5.74) is 2.31. The number of hydrazine groups is 1. The number of hydrogen-bond acceptors (Lipinski definition) is 6. The summed E-state index contributed by atoms with van der Waals surface area (Å²) in [7, 11) is -3.65. The van der Waals surface area contributed by atoms with Crippen molar-refractivity contribution in [3.63, 3.8) is 0 Å². The van der Waals surface area contributed by atoms with Crippen LogP contribution in [0.2, 0.25) is 0 Å². The number of aromatic nitrogens is 1. The monoisotopic (exact) mass is 299 g/mol. The average molecular weight is 299 g/mol. The van der Waals surface area contributed by atoms with Gasteiger partial charge in [0.25, 0.3) is 0 Å². The first-order valence-corrected chi connectivity index (χ1v) is 7.71. The van der Waals surface area contributed by atoms with Crippen molar-refractivity contribution in [3.8, 4) is 0 Å². The third-order valence-electron chi connectivity index (χ3n) is 2.78. The maximum Gasteiger partial charge on any atom is 0.242 e. The summed E-state index contributed by atoms with van der Waals surface area (Å²) in [5, 5.41) is 2.79. The largest absolute Gasteiger partial charge is 0.353 e. The fraction of sp³-hybridized carbons (Fsp3) is 0.455. The van der Waals surface area contributed by atoms with Crippen LogP contribution in [-0.2, 0) is 14.8 Å². The minimum atomic E-state index is -3.65. The molecule has 2 rings (SSSR count). The summed E-state index contributed by atoms with van der Waals surface area (Å²) < 4.78 is 26.2. The molecule has 9 heteroatoms. The van der Waals surface area contributed by atoms with E-state index in [1.165, 1.54) is 18.3 Å². The Labute approximate surface area is 117 Å². The molecule has 8 nitrogen and oxygen atoms in total. The fourth-order valence-corrected chi connectivity index (χ4v) is 2.51. The highest BCUT2D eigenvalue weighted by atomic mass is 32.2. The van der Waals surface area contributed by atoms with Crippen molar-refractivity contribution < 1.29 is 13.2 Å². The van der Waals surface area contributed by atoms with Crippen LogP contribution in [-0.4, -0.2) is 31.9 Å². The molecule has 0 aliphatic heterocycles. The molecule has 1 aliphatic carbocycles. The van der Waals surface area contributed by atoms with E-state index in [1.807, 2.05) is 0 Å². The van der Waals surface area contributed by atoms with Crippen LogP contribution in [0.25, 0.3) is 0 Å². The second kappa shape index (κ2) is 6.16. The molecule has 1 fully saturated rings. The molecule has 110 valence electrons. The lowest BCUT2D eigenvalue weighted by Crippen LogP contribution is -2.31. The van der Waals surface area contributed by atoms with E-state index >= 15 is 0 Å². The zero-order valence-corrected chi connectivity index (χ0v) is 11.6. The van der Waals surface area contributed by atoms with Crippen LogP contribution in [0.3, 0.4) is 0 Å².